The summed E-state index contributed by atoms with van der Waals surface area (Å²) < 4.78 is 12.3. The van der Waals surface area contributed by atoms with E-state index >= 15 is 0 Å². The number of hydrogen-bond acceptors (Lipinski definition) is 6. The number of unbranched alkanes of at least 4 members (excludes halogenated alkanes) is 2. The molecule has 3 heterocycles. The van der Waals surface area contributed by atoms with Gasteiger partial charge < -0.3 is 29.3 Å². The van der Waals surface area contributed by atoms with Crippen LogP contribution in [-0.2, 0) is 19.1 Å². The van der Waals surface area contributed by atoms with Gasteiger partial charge in [0.1, 0.15) is 17.4 Å². The molecule has 3 aliphatic heterocycles. The van der Waals surface area contributed by atoms with Crippen molar-refractivity contribution in [1.29, 1.82) is 0 Å². The van der Waals surface area contributed by atoms with Gasteiger partial charge in [-0.2, -0.15) is 0 Å². The Bertz CT molecular complexity index is 1190. The summed E-state index contributed by atoms with van der Waals surface area (Å²) in [6.45, 7) is 17.2. The molecule has 44 heavy (non-hydrogen) atoms. The maximum absolute atomic E-state index is 14.6. The van der Waals surface area contributed by atoms with E-state index in [1.54, 1.807) is 26.9 Å². The van der Waals surface area contributed by atoms with Gasteiger partial charge in [0.15, 0.2) is 0 Å². The summed E-state index contributed by atoms with van der Waals surface area (Å²) in [5.74, 6) is -1.63. The monoisotopic (exact) mass is 609 g/mol. The highest BCUT2D eigenvalue weighted by Gasteiger charge is 2.75. The number of benzene rings is 1. The van der Waals surface area contributed by atoms with E-state index in [0.29, 0.717) is 44.0 Å². The van der Waals surface area contributed by atoms with Gasteiger partial charge in [-0.05, 0) is 56.4 Å². The average Bonchev–Trinajstić information content (AvgIpc) is 3.67. The summed E-state index contributed by atoms with van der Waals surface area (Å²) in [6, 6.07) is 5.82. The number of carbonyl (C=O) groups is 3. The molecule has 7 atom stereocenters. The van der Waals surface area contributed by atoms with Gasteiger partial charge in [-0.25, -0.2) is 0 Å². The van der Waals surface area contributed by atoms with Gasteiger partial charge in [-0.3, -0.25) is 14.4 Å². The first kappa shape index (κ1) is 33.7. The standard InChI is InChI=1S/C35H51N3O6/c1-7-12-13-22-36(20-8-2)34(42)31-35-19-18-28(44-35)29(30(35)33(41)38(31)27(23-39)24(6)10-4)32(40)37(21-9-3)25-14-16-26(17-15-25)43-11-5/h8-9,14-17,24,27-31,39H,2-3,7,10-13,18-23H2,1,4-6H3/t24-,27-,28-,29+,30-,31?,35?/m0/s1. The second-order valence-electron chi connectivity index (χ2n) is 12.4. The van der Waals surface area contributed by atoms with E-state index in [9.17, 15) is 19.5 Å². The summed E-state index contributed by atoms with van der Waals surface area (Å²) in [6.07, 6.45) is 7.53. The lowest BCUT2D eigenvalue weighted by atomic mass is 9.70. The lowest BCUT2D eigenvalue weighted by Crippen LogP contribution is -2.59. The number of likely N-dealkylation sites (tertiary alicyclic amines) is 1. The van der Waals surface area contributed by atoms with Crippen molar-refractivity contribution in [2.45, 2.75) is 90.0 Å². The van der Waals surface area contributed by atoms with E-state index < -0.39 is 35.6 Å². The Labute approximate surface area is 262 Å². The second-order valence-corrected chi connectivity index (χ2v) is 12.4. The first-order valence-corrected chi connectivity index (χ1v) is 16.4. The van der Waals surface area contributed by atoms with Crippen molar-refractivity contribution in [3.63, 3.8) is 0 Å². The fourth-order valence-corrected chi connectivity index (χ4v) is 7.52. The Balaban J connectivity index is 1.76. The number of hydrogen-bond donors (Lipinski definition) is 1. The largest absolute Gasteiger partial charge is 0.494 e. The Hall–Kier alpha value is -3.17. The second kappa shape index (κ2) is 14.7. The number of amides is 3. The van der Waals surface area contributed by atoms with Crippen LogP contribution < -0.4 is 9.64 Å². The third-order valence-corrected chi connectivity index (χ3v) is 9.83. The molecule has 1 aromatic rings. The van der Waals surface area contributed by atoms with Crippen LogP contribution in [0.15, 0.2) is 49.6 Å². The SMILES string of the molecule is C=CCN(CCCCC)C(=O)C1N([C@@H](CO)[C@@H](C)CC)C(=O)[C@@H]2[C@H](C(=O)N(CC=C)c3ccc(OCC)cc3)[C@@H]3CCC12O3. The van der Waals surface area contributed by atoms with Crippen molar-refractivity contribution in [3.8, 4) is 5.75 Å². The molecular weight excluding hydrogens is 558 g/mol. The maximum atomic E-state index is 14.6. The number of rotatable bonds is 17. The molecule has 4 rings (SSSR count). The molecule has 242 valence electrons. The first-order valence-electron chi connectivity index (χ1n) is 16.4. The fraction of sp³-hybridized carbons (Fsp3) is 0.629. The minimum absolute atomic E-state index is 0.0603. The Morgan fingerprint density at radius 3 is 2.43 bits per heavy atom. The zero-order valence-electron chi connectivity index (χ0n) is 27.0. The predicted octanol–water partition coefficient (Wildman–Crippen LogP) is 4.59. The highest BCUT2D eigenvalue weighted by atomic mass is 16.5. The molecule has 2 bridgehead atoms. The van der Waals surface area contributed by atoms with Gasteiger partial charge in [-0.1, -0.05) is 52.2 Å². The summed E-state index contributed by atoms with van der Waals surface area (Å²) in [7, 11) is 0. The zero-order valence-corrected chi connectivity index (χ0v) is 27.0. The molecule has 1 aromatic carbocycles. The van der Waals surface area contributed by atoms with Crippen molar-refractivity contribution < 1.29 is 29.0 Å². The minimum Gasteiger partial charge on any atom is -0.494 e. The Morgan fingerprint density at radius 2 is 1.84 bits per heavy atom. The normalized spacial score (nSPS) is 26.7. The Kier molecular flexibility index (Phi) is 11.3. The number of carbonyl (C=O) groups excluding carboxylic acids is 3. The molecule has 3 aliphatic rings. The molecule has 3 saturated heterocycles. The van der Waals surface area contributed by atoms with Crippen LogP contribution in [0.25, 0.3) is 0 Å². The maximum Gasteiger partial charge on any atom is 0.248 e. The molecule has 0 aliphatic carbocycles. The van der Waals surface area contributed by atoms with E-state index in [1.807, 2.05) is 45.0 Å². The van der Waals surface area contributed by atoms with Crippen molar-refractivity contribution in [2.75, 3.05) is 37.7 Å². The number of nitrogens with zero attached hydrogens (tertiary/aromatic N) is 3. The van der Waals surface area contributed by atoms with E-state index in [1.165, 1.54) is 0 Å². The van der Waals surface area contributed by atoms with E-state index in [4.69, 9.17) is 9.47 Å². The van der Waals surface area contributed by atoms with Gasteiger partial charge in [0.2, 0.25) is 17.7 Å². The van der Waals surface area contributed by atoms with Crippen molar-refractivity contribution in [2.24, 2.45) is 17.8 Å². The molecule has 1 spiro atoms. The van der Waals surface area contributed by atoms with Crippen LogP contribution in [0.5, 0.6) is 5.75 Å². The van der Waals surface area contributed by atoms with Crippen molar-refractivity contribution >= 4 is 23.4 Å². The number of anilines is 1. The number of ether oxygens (including phenoxy) is 2. The topological polar surface area (TPSA) is 99.6 Å². The molecule has 1 N–H and O–H groups in total. The molecule has 0 aromatic heterocycles. The molecule has 9 heteroatoms. The molecule has 3 amide bonds. The van der Waals surface area contributed by atoms with E-state index in [-0.39, 0.29) is 36.8 Å². The first-order chi connectivity index (χ1) is 21.2. The number of aliphatic hydroxyl groups excluding tert-OH is 1. The third-order valence-electron chi connectivity index (χ3n) is 9.83. The number of aliphatic hydroxyl groups is 1. The van der Waals surface area contributed by atoms with Gasteiger partial charge in [0, 0.05) is 25.3 Å². The van der Waals surface area contributed by atoms with Crippen LogP contribution in [0.1, 0.15) is 66.2 Å². The summed E-state index contributed by atoms with van der Waals surface area (Å²) in [5, 5.41) is 10.6. The molecule has 3 fully saturated rings. The lowest BCUT2D eigenvalue weighted by molar-refractivity contribution is -0.152. The van der Waals surface area contributed by atoms with Crippen LogP contribution in [0.4, 0.5) is 5.69 Å². The van der Waals surface area contributed by atoms with Crippen LogP contribution in [0, 0.1) is 17.8 Å². The fourth-order valence-electron chi connectivity index (χ4n) is 7.52. The molecule has 2 unspecified atom stereocenters. The third kappa shape index (κ3) is 6.05. The summed E-state index contributed by atoms with van der Waals surface area (Å²) in [4.78, 5) is 48.7. The van der Waals surface area contributed by atoms with Gasteiger partial charge in [0.05, 0.1) is 37.2 Å². The van der Waals surface area contributed by atoms with Crippen molar-refractivity contribution in [1.82, 2.24) is 9.80 Å². The van der Waals surface area contributed by atoms with E-state index in [2.05, 4.69) is 20.1 Å². The van der Waals surface area contributed by atoms with Gasteiger partial charge >= 0.3 is 0 Å². The highest BCUT2D eigenvalue weighted by Crippen LogP contribution is 2.59. The Morgan fingerprint density at radius 1 is 1.14 bits per heavy atom. The van der Waals surface area contributed by atoms with Crippen LogP contribution in [-0.4, -0.2) is 89.3 Å². The molecule has 0 saturated carbocycles. The summed E-state index contributed by atoms with van der Waals surface area (Å²) in [5.41, 5.74) is -0.464. The van der Waals surface area contributed by atoms with Crippen LogP contribution >= 0.6 is 0 Å². The minimum atomic E-state index is -1.14. The average molecular weight is 610 g/mol. The van der Waals surface area contributed by atoms with Crippen molar-refractivity contribution in [3.05, 3.63) is 49.6 Å². The van der Waals surface area contributed by atoms with Gasteiger partial charge in [0.25, 0.3) is 0 Å². The zero-order chi connectivity index (χ0) is 32.0. The number of fused-ring (bicyclic) bond motifs is 1. The molecule has 0 radical (unpaired) electrons. The van der Waals surface area contributed by atoms with Crippen LogP contribution in [0.3, 0.4) is 0 Å². The highest BCUT2D eigenvalue weighted by molar-refractivity contribution is 6.03. The molecular formula is C35H51N3O6. The van der Waals surface area contributed by atoms with Crippen LogP contribution in [0.2, 0.25) is 0 Å². The smallest absolute Gasteiger partial charge is 0.248 e. The quantitative estimate of drug-likeness (QED) is 0.205. The van der Waals surface area contributed by atoms with E-state index in [0.717, 1.165) is 25.7 Å². The van der Waals surface area contributed by atoms with Gasteiger partial charge in [-0.15, -0.1) is 13.2 Å². The molecule has 9 nitrogen and oxygen atoms in total. The summed E-state index contributed by atoms with van der Waals surface area (Å²) >= 11 is 0. The lowest BCUT2D eigenvalue weighted by Gasteiger charge is -2.41. The predicted molar refractivity (Wildman–Crippen MR) is 171 cm³/mol.